The van der Waals surface area contributed by atoms with Gasteiger partial charge in [-0.2, -0.15) is 5.11 Å². The quantitative estimate of drug-likeness (QED) is 0.390. The molecule has 152 valence electrons. The van der Waals surface area contributed by atoms with Crippen LogP contribution in [0.4, 0.5) is 11.4 Å². The number of hydrogen-bond acceptors (Lipinski definition) is 6. The minimum Gasteiger partial charge on any atom is -0.465 e. The van der Waals surface area contributed by atoms with Crippen LogP contribution >= 0.6 is 0 Å². The third kappa shape index (κ3) is 4.78. The monoisotopic (exact) mass is 402 g/mol. The molecule has 0 N–H and O–H groups in total. The molecule has 30 heavy (non-hydrogen) atoms. The Morgan fingerprint density at radius 2 is 1.27 bits per heavy atom. The van der Waals surface area contributed by atoms with Crippen LogP contribution in [0.2, 0.25) is 0 Å². The lowest BCUT2D eigenvalue weighted by Gasteiger charge is -2.09. The molecule has 0 aromatic heterocycles. The van der Waals surface area contributed by atoms with Crippen LogP contribution in [-0.4, -0.2) is 26.2 Å². The van der Waals surface area contributed by atoms with Gasteiger partial charge in [0.05, 0.1) is 36.7 Å². The van der Waals surface area contributed by atoms with E-state index in [0.29, 0.717) is 16.8 Å². The summed E-state index contributed by atoms with van der Waals surface area (Å²) in [5.74, 6) is -0.859. The van der Waals surface area contributed by atoms with Crippen molar-refractivity contribution in [2.24, 2.45) is 10.2 Å². The first kappa shape index (κ1) is 20.9. The molecule has 3 aromatic carbocycles. The van der Waals surface area contributed by atoms with Crippen LogP contribution in [0.1, 0.15) is 31.8 Å². The smallest absolute Gasteiger partial charge is 0.337 e. The van der Waals surface area contributed by atoms with Gasteiger partial charge in [-0.3, -0.25) is 0 Å². The van der Waals surface area contributed by atoms with Gasteiger partial charge in [0.1, 0.15) is 0 Å². The zero-order valence-corrected chi connectivity index (χ0v) is 17.3. The molecule has 6 heteroatoms. The number of azo groups is 1. The number of rotatable bonds is 5. The molecule has 0 aliphatic heterocycles. The van der Waals surface area contributed by atoms with Crippen molar-refractivity contribution in [1.82, 2.24) is 0 Å². The van der Waals surface area contributed by atoms with Crippen molar-refractivity contribution in [3.63, 3.8) is 0 Å². The van der Waals surface area contributed by atoms with Crippen LogP contribution in [0, 0.1) is 13.8 Å². The lowest BCUT2D eigenvalue weighted by molar-refractivity contribution is 0.0592. The number of benzene rings is 3. The van der Waals surface area contributed by atoms with E-state index in [1.165, 1.54) is 14.2 Å². The molecule has 3 rings (SSSR count). The minimum atomic E-state index is -0.453. The number of esters is 2. The highest BCUT2D eigenvalue weighted by molar-refractivity contribution is 5.93. The molecule has 0 aliphatic carbocycles. The van der Waals surface area contributed by atoms with Crippen molar-refractivity contribution >= 4 is 23.3 Å². The lowest BCUT2D eigenvalue weighted by atomic mass is 10.0. The molecule has 0 spiro atoms. The maximum absolute atomic E-state index is 12.0. The maximum Gasteiger partial charge on any atom is 0.337 e. The van der Waals surface area contributed by atoms with Gasteiger partial charge in [-0.1, -0.05) is 24.3 Å². The molecule has 0 atom stereocenters. The van der Waals surface area contributed by atoms with Gasteiger partial charge in [0.25, 0.3) is 0 Å². The van der Waals surface area contributed by atoms with Crippen LogP contribution in [0.5, 0.6) is 0 Å². The normalized spacial score (nSPS) is 10.8. The van der Waals surface area contributed by atoms with Crippen LogP contribution in [0.25, 0.3) is 11.1 Å². The Bertz CT molecular complexity index is 1100. The van der Waals surface area contributed by atoms with E-state index in [0.717, 1.165) is 27.9 Å². The van der Waals surface area contributed by atoms with Crippen molar-refractivity contribution in [3.05, 3.63) is 82.9 Å². The highest BCUT2D eigenvalue weighted by Crippen LogP contribution is 2.33. The van der Waals surface area contributed by atoms with Crippen molar-refractivity contribution < 1.29 is 19.1 Å². The summed E-state index contributed by atoms with van der Waals surface area (Å²) in [6.45, 7) is 4.00. The van der Waals surface area contributed by atoms with Gasteiger partial charge in [-0.25, -0.2) is 9.59 Å². The largest absolute Gasteiger partial charge is 0.465 e. The van der Waals surface area contributed by atoms with E-state index < -0.39 is 11.9 Å². The van der Waals surface area contributed by atoms with E-state index in [1.807, 2.05) is 26.0 Å². The summed E-state index contributed by atoms with van der Waals surface area (Å²) in [4.78, 5) is 23.7. The standard InChI is InChI=1S/C24H22N2O4/c1-15-11-16(2)13-20(12-15)25-26-22-14-19(24(28)30-4)9-10-21(22)17-5-7-18(8-6-17)23(27)29-3/h5-14H,1-4H3. The molecule has 0 bridgehead atoms. The number of carbonyl (C=O) groups is 2. The van der Waals surface area contributed by atoms with Gasteiger partial charge in [0.2, 0.25) is 0 Å². The molecule has 0 aliphatic rings. The molecule has 0 fully saturated rings. The van der Waals surface area contributed by atoms with E-state index in [4.69, 9.17) is 9.47 Å². The topological polar surface area (TPSA) is 77.3 Å². The zero-order valence-electron chi connectivity index (χ0n) is 17.3. The summed E-state index contributed by atoms with van der Waals surface area (Å²) < 4.78 is 9.57. The Morgan fingerprint density at radius 3 is 1.87 bits per heavy atom. The summed E-state index contributed by atoms with van der Waals surface area (Å²) in [6, 6.07) is 18.0. The van der Waals surface area contributed by atoms with Gasteiger partial charge < -0.3 is 9.47 Å². The molecule has 6 nitrogen and oxygen atoms in total. The second kappa shape index (κ2) is 9.13. The zero-order chi connectivity index (χ0) is 21.7. The Labute approximate surface area is 175 Å². The van der Waals surface area contributed by atoms with Crippen LogP contribution < -0.4 is 0 Å². The predicted octanol–water partition coefficient (Wildman–Crippen LogP) is 5.96. The van der Waals surface area contributed by atoms with E-state index in [-0.39, 0.29) is 0 Å². The molecule has 0 saturated heterocycles. The summed E-state index contributed by atoms with van der Waals surface area (Å²) in [5.41, 5.74) is 5.84. The lowest BCUT2D eigenvalue weighted by Crippen LogP contribution is -2.01. The number of nitrogens with zero attached hydrogens (tertiary/aromatic N) is 2. The fourth-order valence-corrected chi connectivity index (χ4v) is 3.13. The number of ether oxygens (including phenoxy) is 2. The van der Waals surface area contributed by atoms with Crippen LogP contribution in [0.3, 0.4) is 0 Å². The van der Waals surface area contributed by atoms with Crippen molar-refractivity contribution in [3.8, 4) is 11.1 Å². The average molecular weight is 402 g/mol. The number of hydrogen-bond donors (Lipinski definition) is 0. The van der Waals surface area contributed by atoms with E-state index in [1.54, 1.807) is 42.5 Å². The molecule has 0 heterocycles. The summed E-state index contributed by atoms with van der Waals surface area (Å²) >= 11 is 0. The number of aryl methyl sites for hydroxylation is 2. The summed E-state index contributed by atoms with van der Waals surface area (Å²) in [6.07, 6.45) is 0. The van der Waals surface area contributed by atoms with Gasteiger partial charge in [-0.05, 0) is 66.9 Å². The van der Waals surface area contributed by atoms with Gasteiger partial charge in [-0.15, -0.1) is 5.11 Å². The Hall–Kier alpha value is -3.80. The number of carbonyl (C=O) groups excluding carboxylic acids is 2. The van der Waals surface area contributed by atoms with Crippen LogP contribution in [-0.2, 0) is 9.47 Å². The first-order chi connectivity index (χ1) is 14.4. The van der Waals surface area contributed by atoms with Gasteiger partial charge >= 0.3 is 11.9 Å². The SMILES string of the molecule is COC(=O)c1ccc(-c2ccc(C(=O)OC)cc2N=Nc2cc(C)cc(C)c2)cc1. The first-order valence-electron chi connectivity index (χ1n) is 9.32. The van der Waals surface area contributed by atoms with Gasteiger partial charge in [0, 0.05) is 5.56 Å². The average Bonchev–Trinajstić information content (AvgIpc) is 2.76. The minimum absolute atomic E-state index is 0.377. The summed E-state index contributed by atoms with van der Waals surface area (Å²) in [7, 11) is 2.67. The van der Waals surface area contributed by atoms with Crippen molar-refractivity contribution in [2.45, 2.75) is 13.8 Å². The van der Waals surface area contributed by atoms with E-state index >= 15 is 0 Å². The Balaban J connectivity index is 2.05. The third-order valence-corrected chi connectivity index (χ3v) is 4.52. The molecule has 0 saturated carbocycles. The molecule has 0 radical (unpaired) electrons. The van der Waals surface area contributed by atoms with E-state index in [9.17, 15) is 9.59 Å². The fraction of sp³-hybridized carbons (Fsp3) is 0.167. The molecular weight excluding hydrogens is 380 g/mol. The van der Waals surface area contributed by atoms with Crippen LogP contribution in [0.15, 0.2) is 70.9 Å². The number of methoxy groups -OCH3 is 2. The van der Waals surface area contributed by atoms with Gasteiger partial charge in [0.15, 0.2) is 0 Å². The highest BCUT2D eigenvalue weighted by atomic mass is 16.5. The molecule has 0 unspecified atom stereocenters. The molecular formula is C24H22N2O4. The predicted molar refractivity (Wildman–Crippen MR) is 115 cm³/mol. The second-order valence-corrected chi connectivity index (χ2v) is 6.84. The Morgan fingerprint density at radius 1 is 0.700 bits per heavy atom. The van der Waals surface area contributed by atoms with Crippen molar-refractivity contribution in [1.29, 1.82) is 0 Å². The molecule has 0 amide bonds. The Kier molecular flexibility index (Phi) is 6.37. The first-order valence-corrected chi connectivity index (χ1v) is 9.32. The highest BCUT2D eigenvalue weighted by Gasteiger charge is 2.13. The third-order valence-electron chi connectivity index (χ3n) is 4.52. The summed E-state index contributed by atoms with van der Waals surface area (Å²) in [5, 5.41) is 8.78. The second-order valence-electron chi connectivity index (χ2n) is 6.84. The van der Waals surface area contributed by atoms with E-state index in [2.05, 4.69) is 16.3 Å². The van der Waals surface area contributed by atoms with Crippen molar-refractivity contribution in [2.75, 3.05) is 14.2 Å². The fourth-order valence-electron chi connectivity index (χ4n) is 3.13. The molecule has 3 aromatic rings. The maximum atomic E-state index is 12.0.